The Morgan fingerprint density at radius 2 is 1.05 bits per heavy atom. The highest BCUT2D eigenvalue weighted by Crippen LogP contribution is 2.32. The summed E-state index contributed by atoms with van der Waals surface area (Å²) in [7, 11) is 0. The highest BCUT2D eigenvalue weighted by atomic mass is 17.0. The van der Waals surface area contributed by atoms with Crippen LogP contribution in [0.3, 0.4) is 0 Å². The third kappa shape index (κ3) is 5.51. The van der Waals surface area contributed by atoms with E-state index in [1.54, 1.807) is 0 Å². The van der Waals surface area contributed by atoms with E-state index in [0.29, 0.717) is 38.3 Å². The van der Waals surface area contributed by atoms with Gasteiger partial charge in [-0.05, 0) is 12.8 Å². The number of hydrogen-bond donors (Lipinski definition) is 0. The van der Waals surface area contributed by atoms with Crippen LogP contribution in [-0.2, 0) is 18.9 Å². The summed E-state index contributed by atoms with van der Waals surface area (Å²) in [6.07, 6.45) is 8.73. The van der Waals surface area contributed by atoms with E-state index in [1.807, 2.05) is 0 Å². The van der Waals surface area contributed by atoms with E-state index in [2.05, 4.69) is 13.8 Å². The van der Waals surface area contributed by atoms with Crippen LogP contribution in [0.4, 0.5) is 0 Å². The largest absolute Gasteiger partial charge is 0.412 e. The van der Waals surface area contributed by atoms with Crippen LogP contribution in [0.15, 0.2) is 0 Å². The fraction of sp³-hybridized carbons (Fsp3) is 1.00. The number of ether oxygens (including phenoxy) is 4. The fourth-order valence-corrected chi connectivity index (χ4v) is 2.93. The van der Waals surface area contributed by atoms with Gasteiger partial charge < -0.3 is 18.9 Å². The van der Waals surface area contributed by atoms with Crippen LogP contribution in [0, 0.1) is 11.8 Å². The van der Waals surface area contributed by atoms with E-state index in [9.17, 15) is 0 Å². The summed E-state index contributed by atoms with van der Waals surface area (Å²) in [5.74, 6) is 0.966. The zero-order valence-corrected chi connectivity index (χ0v) is 13.8. The van der Waals surface area contributed by atoms with Crippen LogP contribution in [0.2, 0.25) is 0 Å². The van der Waals surface area contributed by atoms with Gasteiger partial charge in [-0.1, -0.05) is 52.4 Å². The van der Waals surface area contributed by atoms with E-state index >= 15 is 0 Å². The maximum absolute atomic E-state index is 5.76. The Morgan fingerprint density at radius 1 is 0.667 bits per heavy atom. The average molecular weight is 300 g/mol. The first-order valence-electron chi connectivity index (χ1n) is 8.83. The Kier molecular flexibility index (Phi) is 7.44. The fourth-order valence-electron chi connectivity index (χ4n) is 2.93. The van der Waals surface area contributed by atoms with E-state index < -0.39 is 6.16 Å². The van der Waals surface area contributed by atoms with Gasteiger partial charge in [0, 0.05) is 11.8 Å². The molecular weight excluding hydrogens is 268 g/mol. The maximum Gasteiger partial charge on any atom is 0.412 e. The summed E-state index contributed by atoms with van der Waals surface area (Å²) >= 11 is 0. The number of rotatable bonds is 8. The first-order valence-corrected chi connectivity index (χ1v) is 8.83. The van der Waals surface area contributed by atoms with Crippen molar-refractivity contribution >= 4 is 0 Å². The highest BCUT2D eigenvalue weighted by Gasteiger charge is 2.44. The van der Waals surface area contributed by atoms with Crippen molar-refractivity contribution in [3.05, 3.63) is 0 Å². The van der Waals surface area contributed by atoms with Crippen LogP contribution in [-0.4, -0.2) is 32.6 Å². The van der Waals surface area contributed by atoms with Crippen molar-refractivity contribution in [2.75, 3.05) is 26.4 Å². The molecule has 2 aliphatic heterocycles. The SMILES string of the molecule is CCCCCC1COC2(OC1)OCC(CCCCC)CO2. The van der Waals surface area contributed by atoms with E-state index in [-0.39, 0.29) is 0 Å². The lowest BCUT2D eigenvalue weighted by Gasteiger charge is -2.42. The minimum Gasteiger partial charge on any atom is -0.303 e. The minimum atomic E-state index is -1.19. The molecule has 0 aliphatic carbocycles. The molecule has 0 radical (unpaired) electrons. The summed E-state index contributed by atoms with van der Waals surface area (Å²) in [5.41, 5.74) is 0. The van der Waals surface area contributed by atoms with Gasteiger partial charge in [0.1, 0.15) is 0 Å². The van der Waals surface area contributed by atoms with Crippen LogP contribution in [0.25, 0.3) is 0 Å². The van der Waals surface area contributed by atoms with Crippen molar-refractivity contribution in [2.45, 2.75) is 71.4 Å². The third-order valence-corrected chi connectivity index (χ3v) is 4.42. The van der Waals surface area contributed by atoms with Crippen LogP contribution < -0.4 is 0 Å². The van der Waals surface area contributed by atoms with Crippen molar-refractivity contribution in [1.82, 2.24) is 0 Å². The molecule has 0 N–H and O–H groups in total. The quantitative estimate of drug-likeness (QED) is 0.633. The molecule has 2 heterocycles. The molecule has 2 fully saturated rings. The minimum absolute atomic E-state index is 0.483. The summed E-state index contributed by atoms with van der Waals surface area (Å²) in [4.78, 5) is 0. The van der Waals surface area contributed by atoms with Crippen molar-refractivity contribution in [1.29, 1.82) is 0 Å². The zero-order chi connectivity index (χ0) is 15.0. The Bertz CT molecular complexity index is 234. The molecule has 0 aromatic heterocycles. The molecule has 124 valence electrons. The Balaban J connectivity index is 1.63. The second-order valence-corrected chi connectivity index (χ2v) is 6.47. The van der Waals surface area contributed by atoms with Crippen molar-refractivity contribution in [2.24, 2.45) is 11.8 Å². The van der Waals surface area contributed by atoms with Gasteiger partial charge in [0.2, 0.25) is 0 Å². The second-order valence-electron chi connectivity index (χ2n) is 6.47. The molecule has 2 rings (SSSR count). The molecule has 4 nitrogen and oxygen atoms in total. The average Bonchev–Trinajstić information content (AvgIpc) is 2.52. The van der Waals surface area contributed by atoms with Gasteiger partial charge in [-0.15, -0.1) is 0 Å². The first kappa shape index (κ1) is 17.2. The summed E-state index contributed by atoms with van der Waals surface area (Å²) in [6, 6.07) is 0. The van der Waals surface area contributed by atoms with Crippen molar-refractivity contribution in [3.63, 3.8) is 0 Å². The van der Waals surface area contributed by atoms with Gasteiger partial charge in [0.25, 0.3) is 0 Å². The lowest BCUT2D eigenvalue weighted by Crippen LogP contribution is -2.53. The summed E-state index contributed by atoms with van der Waals surface area (Å²) in [6.45, 7) is 7.19. The molecule has 2 saturated heterocycles. The Labute approximate surface area is 129 Å². The topological polar surface area (TPSA) is 36.9 Å². The van der Waals surface area contributed by atoms with Gasteiger partial charge >= 0.3 is 6.16 Å². The molecule has 4 heteroatoms. The molecular formula is C17H32O4. The van der Waals surface area contributed by atoms with Crippen LogP contribution in [0.5, 0.6) is 0 Å². The molecule has 2 aliphatic rings. The molecule has 1 spiro atoms. The molecule has 21 heavy (non-hydrogen) atoms. The summed E-state index contributed by atoms with van der Waals surface area (Å²) in [5, 5.41) is 0. The first-order chi connectivity index (χ1) is 10.3. The van der Waals surface area contributed by atoms with Gasteiger partial charge in [0.15, 0.2) is 0 Å². The standard InChI is InChI=1S/C17H32O4/c1-3-5-7-9-15-11-18-17(19-12-15)20-13-16(14-21-17)10-8-6-4-2/h15-16H,3-14H2,1-2H3. The molecule has 0 aromatic carbocycles. The van der Waals surface area contributed by atoms with E-state index in [4.69, 9.17) is 18.9 Å². The van der Waals surface area contributed by atoms with Crippen molar-refractivity contribution in [3.8, 4) is 0 Å². The van der Waals surface area contributed by atoms with Gasteiger partial charge in [-0.25, -0.2) is 0 Å². The monoisotopic (exact) mass is 300 g/mol. The van der Waals surface area contributed by atoms with Crippen LogP contribution in [0.1, 0.15) is 65.2 Å². The van der Waals surface area contributed by atoms with Gasteiger partial charge in [0.05, 0.1) is 26.4 Å². The Hall–Kier alpha value is -0.160. The maximum atomic E-state index is 5.76. The summed E-state index contributed by atoms with van der Waals surface area (Å²) < 4.78 is 23.0. The number of hydrogen-bond acceptors (Lipinski definition) is 4. The van der Waals surface area contributed by atoms with Gasteiger partial charge in [-0.2, -0.15) is 0 Å². The predicted molar refractivity (Wildman–Crippen MR) is 81.8 cm³/mol. The predicted octanol–water partition coefficient (Wildman–Crippen LogP) is 4.08. The van der Waals surface area contributed by atoms with Crippen molar-refractivity contribution < 1.29 is 18.9 Å². The lowest BCUT2D eigenvalue weighted by atomic mass is 10.0. The van der Waals surface area contributed by atoms with E-state index in [1.165, 1.54) is 51.4 Å². The van der Waals surface area contributed by atoms with Crippen LogP contribution >= 0.6 is 0 Å². The van der Waals surface area contributed by atoms with E-state index in [0.717, 1.165) is 0 Å². The number of unbranched alkanes of at least 4 members (excludes halogenated alkanes) is 4. The lowest BCUT2D eigenvalue weighted by molar-refractivity contribution is -0.535. The molecule has 0 unspecified atom stereocenters. The molecule has 0 atom stereocenters. The smallest absolute Gasteiger partial charge is 0.303 e. The second kappa shape index (κ2) is 9.09. The normalized spacial score (nSPS) is 33.4. The zero-order valence-electron chi connectivity index (χ0n) is 13.8. The molecule has 0 bridgehead atoms. The molecule has 0 saturated carbocycles. The third-order valence-electron chi connectivity index (χ3n) is 4.42. The highest BCUT2D eigenvalue weighted by molar-refractivity contribution is 4.69. The van der Waals surface area contributed by atoms with Gasteiger partial charge in [-0.3, -0.25) is 0 Å². The molecule has 0 aromatic rings. The molecule has 0 amide bonds. The Morgan fingerprint density at radius 3 is 1.38 bits per heavy atom.